The summed E-state index contributed by atoms with van der Waals surface area (Å²) in [6, 6.07) is 14.8. The van der Waals surface area contributed by atoms with Crippen LogP contribution in [0.25, 0.3) is 11.0 Å². The van der Waals surface area contributed by atoms with Gasteiger partial charge in [-0.2, -0.15) is 0 Å². The minimum atomic E-state index is -0.216. The molecule has 1 fully saturated rings. The zero-order valence-corrected chi connectivity index (χ0v) is 14.1. The number of halogens is 1. The maximum Gasteiger partial charge on any atom is 0.206 e. The van der Waals surface area contributed by atoms with E-state index in [1.165, 1.54) is 6.07 Å². The lowest BCUT2D eigenvalue weighted by Crippen LogP contribution is -2.36. The van der Waals surface area contributed by atoms with E-state index in [-0.39, 0.29) is 12.4 Å². The largest absolute Gasteiger partial charge is 0.396 e. The first-order valence-corrected chi connectivity index (χ1v) is 8.80. The van der Waals surface area contributed by atoms with E-state index < -0.39 is 0 Å². The molecular formula is C20H22FN3O. The number of piperidine rings is 1. The van der Waals surface area contributed by atoms with Gasteiger partial charge < -0.3 is 14.6 Å². The SMILES string of the molecule is OCC1CCN(c2nc3ccccc3n2Cc2cccc(F)c2)CC1. The molecule has 0 bridgehead atoms. The number of para-hydroxylation sites is 2. The van der Waals surface area contributed by atoms with Gasteiger partial charge in [-0.3, -0.25) is 0 Å². The number of rotatable bonds is 4. The molecule has 1 aliphatic rings. The normalized spacial score (nSPS) is 15.8. The summed E-state index contributed by atoms with van der Waals surface area (Å²) in [7, 11) is 0. The molecule has 0 spiro atoms. The van der Waals surface area contributed by atoms with E-state index >= 15 is 0 Å². The molecule has 4 nitrogen and oxygen atoms in total. The van der Waals surface area contributed by atoms with Gasteiger partial charge in [-0.05, 0) is 48.6 Å². The summed E-state index contributed by atoms with van der Waals surface area (Å²) in [6.07, 6.45) is 1.94. The fourth-order valence-electron chi connectivity index (χ4n) is 3.59. The van der Waals surface area contributed by atoms with Gasteiger partial charge in [-0.1, -0.05) is 24.3 Å². The van der Waals surface area contributed by atoms with E-state index in [0.717, 1.165) is 48.5 Å². The zero-order chi connectivity index (χ0) is 17.2. The molecule has 0 atom stereocenters. The van der Waals surface area contributed by atoms with Crippen LogP contribution in [0, 0.1) is 11.7 Å². The van der Waals surface area contributed by atoms with Gasteiger partial charge in [0.2, 0.25) is 5.95 Å². The quantitative estimate of drug-likeness (QED) is 0.792. The molecule has 1 N–H and O–H groups in total. The second-order valence-electron chi connectivity index (χ2n) is 6.73. The lowest BCUT2D eigenvalue weighted by atomic mass is 9.98. The molecule has 1 aliphatic heterocycles. The van der Waals surface area contributed by atoms with Crippen LogP contribution in [0.15, 0.2) is 48.5 Å². The molecule has 0 saturated carbocycles. The van der Waals surface area contributed by atoms with Gasteiger partial charge in [0.1, 0.15) is 5.82 Å². The van der Waals surface area contributed by atoms with Crippen molar-refractivity contribution in [3.8, 4) is 0 Å². The van der Waals surface area contributed by atoms with E-state index in [4.69, 9.17) is 4.98 Å². The van der Waals surface area contributed by atoms with Crippen LogP contribution in [-0.2, 0) is 6.54 Å². The highest BCUT2D eigenvalue weighted by atomic mass is 19.1. The van der Waals surface area contributed by atoms with Crippen molar-refractivity contribution in [1.29, 1.82) is 0 Å². The van der Waals surface area contributed by atoms with Gasteiger partial charge in [-0.15, -0.1) is 0 Å². The van der Waals surface area contributed by atoms with Crippen LogP contribution in [0.1, 0.15) is 18.4 Å². The van der Waals surface area contributed by atoms with E-state index in [9.17, 15) is 9.50 Å². The Hall–Kier alpha value is -2.40. The smallest absolute Gasteiger partial charge is 0.206 e. The lowest BCUT2D eigenvalue weighted by Gasteiger charge is -2.32. The molecule has 0 radical (unpaired) electrons. The van der Waals surface area contributed by atoms with Crippen LogP contribution in [0.2, 0.25) is 0 Å². The van der Waals surface area contributed by atoms with Crippen LogP contribution in [0.5, 0.6) is 0 Å². The summed E-state index contributed by atoms with van der Waals surface area (Å²) >= 11 is 0. The van der Waals surface area contributed by atoms with Crippen molar-refractivity contribution in [1.82, 2.24) is 9.55 Å². The molecule has 3 aromatic rings. The van der Waals surface area contributed by atoms with E-state index in [0.29, 0.717) is 12.5 Å². The minimum absolute atomic E-state index is 0.216. The number of nitrogens with zero attached hydrogens (tertiary/aromatic N) is 3. The number of aliphatic hydroxyl groups is 1. The molecule has 1 aromatic heterocycles. The number of hydrogen-bond donors (Lipinski definition) is 1. The molecule has 5 heteroatoms. The van der Waals surface area contributed by atoms with Gasteiger partial charge in [0, 0.05) is 19.7 Å². The van der Waals surface area contributed by atoms with Gasteiger partial charge in [0.05, 0.1) is 17.6 Å². The summed E-state index contributed by atoms with van der Waals surface area (Å²) in [5, 5.41) is 9.36. The monoisotopic (exact) mass is 339 g/mol. The highest BCUT2D eigenvalue weighted by Gasteiger charge is 2.23. The third-order valence-electron chi connectivity index (χ3n) is 5.02. The molecule has 130 valence electrons. The van der Waals surface area contributed by atoms with Crippen molar-refractivity contribution < 1.29 is 9.50 Å². The maximum atomic E-state index is 13.6. The Balaban J connectivity index is 1.71. The fourth-order valence-corrected chi connectivity index (χ4v) is 3.59. The second-order valence-corrected chi connectivity index (χ2v) is 6.73. The number of aliphatic hydroxyl groups excluding tert-OH is 1. The Labute approximate surface area is 146 Å². The third kappa shape index (κ3) is 3.24. The molecule has 0 unspecified atom stereocenters. The summed E-state index contributed by atoms with van der Waals surface area (Å²) in [4.78, 5) is 7.12. The number of anilines is 1. The first-order valence-electron chi connectivity index (χ1n) is 8.80. The Morgan fingerprint density at radius 3 is 2.64 bits per heavy atom. The predicted molar refractivity (Wildman–Crippen MR) is 97.3 cm³/mol. The first-order chi connectivity index (χ1) is 12.2. The number of aromatic nitrogens is 2. The third-order valence-corrected chi connectivity index (χ3v) is 5.02. The Bertz CT molecular complexity index is 868. The van der Waals surface area contributed by atoms with Crippen molar-refractivity contribution in [2.45, 2.75) is 19.4 Å². The Morgan fingerprint density at radius 2 is 1.88 bits per heavy atom. The van der Waals surface area contributed by atoms with Crippen molar-refractivity contribution >= 4 is 17.0 Å². The van der Waals surface area contributed by atoms with Crippen LogP contribution >= 0.6 is 0 Å². The predicted octanol–water partition coefficient (Wildman–Crippen LogP) is 3.43. The van der Waals surface area contributed by atoms with Crippen LogP contribution in [0.4, 0.5) is 10.3 Å². The number of fused-ring (bicyclic) bond motifs is 1. The molecule has 2 aromatic carbocycles. The highest BCUT2D eigenvalue weighted by molar-refractivity contribution is 5.79. The molecule has 0 amide bonds. The first kappa shape index (κ1) is 16.1. The molecule has 4 rings (SSSR count). The molecule has 2 heterocycles. The van der Waals surface area contributed by atoms with Crippen molar-refractivity contribution in [3.05, 3.63) is 59.9 Å². The number of imidazole rings is 1. The zero-order valence-electron chi connectivity index (χ0n) is 14.1. The topological polar surface area (TPSA) is 41.3 Å². The average Bonchev–Trinajstić information content (AvgIpc) is 3.00. The van der Waals surface area contributed by atoms with Crippen molar-refractivity contribution in [2.24, 2.45) is 5.92 Å². The highest BCUT2D eigenvalue weighted by Crippen LogP contribution is 2.27. The van der Waals surface area contributed by atoms with E-state index in [1.54, 1.807) is 12.1 Å². The Morgan fingerprint density at radius 1 is 1.08 bits per heavy atom. The number of hydrogen-bond acceptors (Lipinski definition) is 3. The summed E-state index contributed by atoms with van der Waals surface area (Å²) < 4.78 is 15.8. The standard InChI is InChI=1S/C20H22FN3O/c21-17-5-3-4-16(12-17)13-24-19-7-2-1-6-18(19)22-20(24)23-10-8-15(14-25)9-11-23/h1-7,12,15,25H,8-11,13-14H2. The molecular weight excluding hydrogens is 317 g/mol. The summed E-state index contributed by atoms with van der Waals surface area (Å²) in [5.74, 6) is 1.10. The maximum absolute atomic E-state index is 13.6. The van der Waals surface area contributed by atoms with Gasteiger partial charge in [0.25, 0.3) is 0 Å². The van der Waals surface area contributed by atoms with Crippen molar-refractivity contribution in [2.75, 3.05) is 24.6 Å². The van der Waals surface area contributed by atoms with Gasteiger partial charge in [0.15, 0.2) is 0 Å². The van der Waals surface area contributed by atoms with Gasteiger partial charge >= 0.3 is 0 Å². The van der Waals surface area contributed by atoms with E-state index in [1.807, 2.05) is 24.3 Å². The number of benzene rings is 2. The van der Waals surface area contributed by atoms with Crippen molar-refractivity contribution in [3.63, 3.8) is 0 Å². The fraction of sp³-hybridized carbons (Fsp3) is 0.350. The molecule has 25 heavy (non-hydrogen) atoms. The van der Waals surface area contributed by atoms with E-state index in [2.05, 4.69) is 15.5 Å². The van der Waals surface area contributed by atoms with Crippen LogP contribution in [0.3, 0.4) is 0 Å². The lowest BCUT2D eigenvalue weighted by molar-refractivity contribution is 0.202. The summed E-state index contributed by atoms with van der Waals surface area (Å²) in [6.45, 7) is 2.62. The minimum Gasteiger partial charge on any atom is -0.396 e. The summed E-state index contributed by atoms with van der Waals surface area (Å²) in [5.41, 5.74) is 2.94. The van der Waals surface area contributed by atoms with Gasteiger partial charge in [-0.25, -0.2) is 9.37 Å². The Kier molecular flexibility index (Phi) is 4.40. The van der Waals surface area contributed by atoms with Crippen LogP contribution < -0.4 is 4.90 Å². The van der Waals surface area contributed by atoms with Crippen LogP contribution in [-0.4, -0.2) is 34.4 Å². The average molecular weight is 339 g/mol. The second kappa shape index (κ2) is 6.84. The molecule has 0 aliphatic carbocycles. The molecule has 1 saturated heterocycles.